The molecule has 144 valence electrons. The first-order valence-electron chi connectivity index (χ1n) is 9.77. The van der Waals surface area contributed by atoms with Crippen LogP contribution >= 0.6 is 0 Å². The molecule has 4 rings (SSSR count). The zero-order valence-corrected chi connectivity index (χ0v) is 15.4. The molecule has 8 heteroatoms. The van der Waals surface area contributed by atoms with Crippen LogP contribution in [0.15, 0.2) is 18.6 Å². The Morgan fingerprint density at radius 1 is 1.19 bits per heavy atom. The van der Waals surface area contributed by atoms with Gasteiger partial charge < -0.3 is 10.2 Å². The quantitative estimate of drug-likeness (QED) is 0.811. The highest BCUT2D eigenvalue weighted by atomic mass is 16.2. The molecule has 1 saturated carbocycles. The van der Waals surface area contributed by atoms with Crippen molar-refractivity contribution in [2.75, 3.05) is 19.6 Å². The van der Waals surface area contributed by atoms with E-state index in [9.17, 15) is 14.4 Å². The van der Waals surface area contributed by atoms with E-state index in [2.05, 4.69) is 15.3 Å². The Labute approximate surface area is 158 Å². The van der Waals surface area contributed by atoms with Crippen LogP contribution in [0.2, 0.25) is 0 Å². The molecule has 27 heavy (non-hydrogen) atoms. The van der Waals surface area contributed by atoms with E-state index in [-0.39, 0.29) is 18.4 Å². The van der Waals surface area contributed by atoms with Crippen molar-refractivity contribution in [2.45, 2.75) is 56.4 Å². The van der Waals surface area contributed by atoms with Crippen molar-refractivity contribution in [3.05, 3.63) is 24.3 Å². The van der Waals surface area contributed by atoms with Crippen LogP contribution in [0, 0.1) is 0 Å². The predicted molar refractivity (Wildman–Crippen MR) is 96.6 cm³/mol. The summed E-state index contributed by atoms with van der Waals surface area (Å²) in [5.74, 6) is -0.0665. The predicted octanol–water partition coefficient (Wildman–Crippen LogP) is 1.44. The molecule has 8 nitrogen and oxygen atoms in total. The van der Waals surface area contributed by atoms with E-state index in [1.807, 2.05) is 6.07 Å². The molecule has 0 radical (unpaired) electrons. The van der Waals surface area contributed by atoms with Crippen LogP contribution in [0.5, 0.6) is 0 Å². The van der Waals surface area contributed by atoms with E-state index in [4.69, 9.17) is 0 Å². The first-order chi connectivity index (χ1) is 13.1. The highest BCUT2D eigenvalue weighted by Crippen LogP contribution is 2.34. The number of hydrogen-bond donors (Lipinski definition) is 1. The van der Waals surface area contributed by atoms with Gasteiger partial charge in [-0.15, -0.1) is 0 Å². The highest BCUT2D eigenvalue weighted by Gasteiger charge is 2.51. The number of carbonyl (C=O) groups excluding carboxylic acids is 3. The summed E-state index contributed by atoms with van der Waals surface area (Å²) in [5.41, 5.74) is 0.237. The fourth-order valence-corrected chi connectivity index (χ4v) is 4.52. The fourth-order valence-electron chi connectivity index (χ4n) is 4.52. The number of aromatic nitrogens is 2. The van der Waals surface area contributed by atoms with Gasteiger partial charge in [-0.3, -0.25) is 14.5 Å². The smallest absolute Gasteiger partial charge is 0.325 e. The molecule has 2 saturated heterocycles. The van der Waals surface area contributed by atoms with E-state index in [1.165, 1.54) is 0 Å². The van der Waals surface area contributed by atoms with Crippen LogP contribution in [-0.2, 0) is 9.59 Å². The average molecular weight is 371 g/mol. The van der Waals surface area contributed by atoms with Crippen LogP contribution < -0.4 is 5.32 Å². The van der Waals surface area contributed by atoms with Gasteiger partial charge in [0.05, 0.1) is 0 Å². The maximum absolute atomic E-state index is 12.8. The van der Waals surface area contributed by atoms with E-state index < -0.39 is 11.6 Å². The van der Waals surface area contributed by atoms with Gasteiger partial charge in [0.2, 0.25) is 5.91 Å². The van der Waals surface area contributed by atoms with Gasteiger partial charge in [0.15, 0.2) is 0 Å². The van der Waals surface area contributed by atoms with Crippen molar-refractivity contribution in [1.29, 1.82) is 0 Å². The SMILES string of the molecule is O=C(CN1C(=O)NC2(CCCCC2)C1=O)N1CCC(c2ccncn2)CC1. The molecule has 1 aromatic heterocycles. The van der Waals surface area contributed by atoms with E-state index in [1.54, 1.807) is 17.4 Å². The van der Waals surface area contributed by atoms with Crippen molar-refractivity contribution < 1.29 is 14.4 Å². The van der Waals surface area contributed by atoms with Gasteiger partial charge in [0, 0.05) is 30.9 Å². The number of nitrogens with zero attached hydrogens (tertiary/aromatic N) is 4. The summed E-state index contributed by atoms with van der Waals surface area (Å²) in [5, 5.41) is 2.86. The van der Waals surface area contributed by atoms with Crippen molar-refractivity contribution in [1.82, 2.24) is 25.1 Å². The molecule has 0 atom stereocenters. The third-order valence-corrected chi connectivity index (χ3v) is 6.12. The summed E-state index contributed by atoms with van der Waals surface area (Å²) < 4.78 is 0. The van der Waals surface area contributed by atoms with Crippen LogP contribution in [0.4, 0.5) is 4.79 Å². The number of hydrogen-bond acceptors (Lipinski definition) is 5. The van der Waals surface area contributed by atoms with Crippen molar-refractivity contribution >= 4 is 17.8 Å². The molecule has 1 aliphatic carbocycles. The molecule has 1 spiro atoms. The van der Waals surface area contributed by atoms with Crippen LogP contribution in [-0.4, -0.2) is 62.8 Å². The maximum Gasteiger partial charge on any atom is 0.325 e. The molecule has 3 fully saturated rings. The number of imide groups is 1. The van der Waals surface area contributed by atoms with Crippen LogP contribution in [0.3, 0.4) is 0 Å². The lowest BCUT2D eigenvalue weighted by molar-refractivity contribution is -0.140. The van der Waals surface area contributed by atoms with E-state index in [0.717, 1.165) is 42.7 Å². The Balaban J connectivity index is 1.34. The minimum Gasteiger partial charge on any atom is -0.341 e. The Bertz CT molecular complexity index is 724. The van der Waals surface area contributed by atoms with Crippen molar-refractivity contribution in [3.63, 3.8) is 0 Å². The van der Waals surface area contributed by atoms with Crippen molar-refractivity contribution in [3.8, 4) is 0 Å². The summed E-state index contributed by atoms with van der Waals surface area (Å²) >= 11 is 0. The molecule has 1 aromatic rings. The minimum atomic E-state index is -0.768. The van der Waals surface area contributed by atoms with Crippen LogP contribution in [0.25, 0.3) is 0 Å². The molecular weight excluding hydrogens is 346 g/mol. The molecule has 0 aromatic carbocycles. The van der Waals surface area contributed by atoms with Gasteiger partial charge >= 0.3 is 6.03 Å². The Hall–Kier alpha value is -2.51. The van der Waals surface area contributed by atoms with Gasteiger partial charge in [-0.05, 0) is 31.7 Å². The Morgan fingerprint density at radius 2 is 1.93 bits per heavy atom. The third kappa shape index (κ3) is 3.40. The number of piperidine rings is 1. The number of urea groups is 1. The molecule has 4 amide bonds. The van der Waals surface area contributed by atoms with Gasteiger partial charge in [-0.1, -0.05) is 19.3 Å². The Morgan fingerprint density at radius 3 is 2.59 bits per heavy atom. The molecule has 2 aliphatic heterocycles. The lowest BCUT2D eigenvalue weighted by Crippen LogP contribution is -2.49. The molecule has 0 unspecified atom stereocenters. The summed E-state index contributed by atoms with van der Waals surface area (Å²) in [6, 6.07) is 1.49. The third-order valence-electron chi connectivity index (χ3n) is 6.12. The Kier molecular flexibility index (Phi) is 4.80. The normalized spacial score (nSPS) is 23.0. The molecule has 3 heterocycles. The van der Waals surface area contributed by atoms with Gasteiger partial charge in [0.1, 0.15) is 18.4 Å². The number of likely N-dealkylation sites (tertiary alicyclic amines) is 1. The van der Waals surface area contributed by atoms with Crippen LogP contribution in [0.1, 0.15) is 56.6 Å². The zero-order chi connectivity index (χ0) is 18.9. The first-order valence-corrected chi connectivity index (χ1v) is 9.77. The lowest BCUT2D eigenvalue weighted by atomic mass is 9.82. The minimum absolute atomic E-state index is 0.160. The van der Waals surface area contributed by atoms with E-state index >= 15 is 0 Å². The summed E-state index contributed by atoms with van der Waals surface area (Å²) in [4.78, 5) is 48.9. The molecular formula is C19H25N5O3. The van der Waals surface area contributed by atoms with E-state index in [0.29, 0.717) is 31.8 Å². The van der Waals surface area contributed by atoms with Gasteiger partial charge in [-0.2, -0.15) is 0 Å². The average Bonchev–Trinajstić information content (AvgIpc) is 2.93. The summed E-state index contributed by atoms with van der Waals surface area (Å²) in [6.45, 7) is 1.06. The number of amides is 4. The summed E-state index contributed by atoms with van der Waals surface area (Å²) in [6.07, 6.45) is 9.24. The second kappa shape index (κ2) is 7.25. The fraction of sp³-hybridized carbons (Fsp3) is 0.632. The van der Waals surface area contributed by atoms with Gasteiger partial charge in [0.25, 0.3) is 5.91 Å². The number of carbonyl (C=O) groups is 3. The number of nitrogens with one attached hydrogen (secondary N) is 1. The first kappa shape index (κ1) is 17.9. The molecule has 1 N–H and O–H groups in total. The second-order valence-corrected chi connectivity index (χ2v) is 7.75. The summed E-state index contributed by atoms with van der Waals surface area (Å²) in [7, 11) is 0. The monoisotopic (exact) mass is 371 g/mol. The van der Waals surface area contributed by atoms with Gasteiger partial charge in [-0.25, -0.2) is 14.8 Å². The zero-order valence-electron chi connectivity index (χ0n) is 15.4. The molecule has 3 aliphatic rings. The largest absolute Gasteiger partial charge is 0.341 e. The number of rotatable bonds is 3. The standard InChI is InChI=1S/C19H25N5O3/c25-16(23-10-5-14(6-11-23)15-4-9-20-13-21-15)12-24-17(26)19(22-18(24)27)7-2-1-3-8-19/h4,9,13-14H,1-3,5-8,10-12H2,(H,22,27). The second-order valence-electron chi connectivity index (χ2n) is 7.75. The maximum atomic E-state index is 12.8. The molecule has 0 bridgehead atoms. The highest BCUT2D eigenvalue weighted by molar-refractivity contribution is 6.09. The lowest BCUT2D eigenvalue weighted by Gasteiger charge is -2.33. The van der Waals surface area contributed by atoms with Crippen molar-refractivity contribution in [2.24, 2.45) is 0 Å². The topological polar surface area (TPSA) is 95.5 Å².